The molecule has 6 nitrogen and oxygen atoms in total. The fourth-order valence-corrected chi connectivity index (χ4v) is 6.28. The summed E-state index contributed by atoms with van der Waals surface area (Å²) in [5, 5.41) is -0.133. The Morgan fingerprint density at radius 1 is 0.909 bits per heavy atom. The summed E-state index contributed by atoms with van der Waals surface area (Å²) in [5.41, 5.74) is 0. The summed E-state index contributed by atoms with van der Waals surface area (Å²) in [7, 11) is -6.18. The van der Waals surface area contributed by atoms with Crippen LogP contribution in [-0.2, 0) is 28.6 Å². The Morgan fingerprint density at radius 3 is 1.86 bits per heavy atom. The number of rotatable bonds is 0. The van der Waals surface area contributed by atoms with Gasteiger partial charge < -0.3 is 0 Å². The standard InChI is InChI=1S/C7H10O3S.C3H6O3S.2C2H6/c8-11(9)7-3-4-1-5(7)6(2-4)10-11;4-7(5)3-1-2-6-7;2*1-2/h4-7H,1-3H2;1-3H2;2*1-2H3. The summed E-state index contributed by atoms with van der Waals surface area (Å²) < 4.78 is 52.2. The monoisotopic (exact) mass is 356 g/mol. The minimum absolute atomic E-state index is 0.0590. The third kappa shape index (κ3) is 4.43. The molecule has 2 aliphatic carbocycles. The van der Waals surface area contributed by atoms with Gasteiger partial charge in [0, 0.05) is 5.92 Å². The van der Waals surface area contributed by atoms with E-state index in [-0.39, 0.29) is 17.1 Å². The molecule has 0 amide bonds. The van der Waals surface area contributed by atoms with Crippen LogP contribution in [0.4, 0.5) is 0 Å². The van der Waals surface area contributed by atoms with E-state index in [1.165, 1.54) is 0 Å². The molecule has 4 rings (SSSR count). The molecular formula is C14H28O6S2. The first-order valence-corrected chi connectivity index (χ1v) is 11.2. The lowest BCUT2D eigenvalue weighted by Crippen LogP contribution is -2.21. The highest BCUT2D eigenvalue weighted by molar-refractivity contribution is 7.87. The minimum atomic E-state index is -3.13. The average Bonchev–Trinajstić information content (AvgIpc) is 3.20. The van der Waals surface area contributed by atoms with Gasteiger partial charge in [0.05, 0.1) is 23.7 Å². The number of hydrogen-bond acceptors (Lipinski definition) is 6. The molecule has 4 atom stereocenters. The Labute approximate surface area is 134 Å². The van der Waals surface area contributed by atoms with Crippen LogP contribution in [0.25, 0.3) is 0 Å². The molecule has 0 N–H and O–H groups in total. The second-order valence-electron chi connectivity index (χ2n) is 5.34. The van der Waals surface area contributed by atoms with E-state index in [1.54, 1.807) is 0 Å². The molecule has 4 fully saturated rings. The lowest BCUT2D eigenvalue weighted by molar-refractivity contribution is 0.196. The Balaban J connectivity index is 0.000000192. The SMILES string of the molecule is CC.CC.O=S1(=O)CCCO1.O=S1(=O)OC2CC3CC2C1C3. The van der Waals surface area contributed by atoms with E-state index in [0.717, 1.165) is 19.3 Å². The third-order valence-electron chi connectivity index (χ3n) is 4.12. The van der Waals surface area contributed by atoms with Gasteiger partial charge >= 0.3 is 0 Å². The van der Waals surface area contributed by atoms with Gasteiger partial charge in [0.2, 0.25) is 0 Å². The highest BCUT2D eigenvalue weighted by Gasteiger charge is 2.59. The van der Waals surface area contributed by atoms with E-state index in [0.29, 0.717) is 24.9 Å². The zero-order valence-corrected chi connectivity index (χ0v) is 15.5. The van der Waals surface area contributed by atoms with Gasteiger partial charge in [-0.15, -0.1) is 0 Å². The molecule has 0 aromatic heterocycles. The first kappa shape index (κ1) is 19.9. The molecule has 0 radical (unpaired) electrons. The van der Waals surface area contributed by atoms with Gasteiger partial charge in [-0.3, -0.25) is 8.37 Å². The molecule has 132 valence electrons. The molecule has 2 heterocycles. The summed E-state index contributed by atoms with van der Waals surface area (Å²) in [6.45, 7) is 8.38. The van der Waals surface area contributed by atoms with Crippen molar-refractivity contribution in [1.82, 2.24) is 0 Å². The fraction of sp³-hybridized carbons (Fsp3) is 1.00. The van der Waals surface area contributed by atoms with Gasteiger partial charge in [0.15, 0.2) is 0 Å². The van der Waals surface area contributed by atoms with Crippen molar-refractivity contribution >= 4 is 20.2 Å². The van der Waals surface area contributed by atoms with E-state index < -0.39 is 20.2 Å². The Bertz CT molecular complexity index is 526. The molecule has 4 unspecified atom stereocenters. The summed E-state index contributed by atoms with van der Waals surface area (Å²) in [6, 6.07) is 0. The molecule has 22 heavy (non-hydrogen) atoms. The van der Waals surface area contributed by atoms with E-state index in [9.17, 15) is 16.8 Å². The fourth-order valence-electron chi connectivity index (χ4n) is 3.39. The molecule has 2 aliphatic heterocycles. The van der Waals surface area contributed by atoms with Crippen LogP contribution in [0.2, 0.25) is 0 Å². The molecular weight excluding hydrogens is 328 g/mol. The maximum Gasteiger partial charge on any atom is 0.270 e. The molecule has 2 saturated carbocycles. The second kappa shape index (κ2) is 8.08. The van der Waals surface area contributed by atoms with Crippen LogP contribution in [0.1, 0.15) is 53.4 Å². The highest BCUT2D eigenvalue weighted by Crippen LogP contribution is 2.54. The smallest absolute Gasteiger partial charge is 0.270 e. The van der Waals surface area contributed by atoms with Crippen LogP contribution in [0.15, 0.2) is 0 Å². The van der Waals surface area contributed by atoms with Gasteiger partial charge in [0.25, 0.3) is 20.2 Å². The third-order valence-corrected chi connectivity index (χ3v) is 7.24. The van der Waals surface area contributed by atoms with Crippen molar-refractivity contribution in [3.05, 3.63) is 0 Å². The molecule has 4 aliphatic rings. The lowest BCUT2D eigenvalue weighted by Gasteiger charge is -2.11. The van der Waals surface area contributed by atoms with Crippen LogP contribution >= 0.6 is 0 Å². The molecule has 0 aromatic carbocycles. The Hall–Kier alpha value is -0.180. The van der Waals surface area contributed by atoms with Gasteiger partial charge in [0.1, 0.15) is 0 Å². The second-order valence-corrected chi connectivity index (χ2v) is 8.88. The van der Waals surface area contributed by atoms with Crippen LogP contribution < -0.4 is 0 Å². The van der Waals surface area contributed by atoms with Crippen molar-refractivity contribution in [1.29, 1.82) is 0 Å². The quantitative estimate of drug-likeness (QED) is 0.619. The zero-order valence-electron chi connectivity index (χ0n) is 13.8. The van der Waals surface area contributed by atoms with Gasteiger partial charge in [-0.2, -0.15) is 16.8 Å². The van der Waals surface area contributed by atoms with Gasteiger partial charge in [-0.1, -0.05) is 27.7 Å². The first-order valence-electron chi connectivity index (χ1n) is 8.16. The summed E-state index contributed by atoms with van der Waals surface area (Å²) >= 11 is 0. The molecule has 2 bridgehead atoms. The van der Waals surface area contributed by atoms with E-state index in [1.807, 2.05) is 27.7 Å². The van der Waals surface area contributed by atoms with Gasteiger partial charge in [-0.25, -0.2) is 0 Å². The Kier molecular flexibility index (Phi) is 7.29. The van der Waals surface area contributed by atoms with Crippen LogP contribution in [0.5, 0.6) is 0 Å². The summed E-state index contributed by atoms with van der Waals surface area (Å²) in [4.78, 5) is 0. The van der Waals surface area contributed by atoms with Gasteiger partial charge in [-0.05, 0) is 31.6 Å². The van der Waals surface area contributed by atoms with Crippen molar-refractivity contribution < 1.29 is 25.2 Å². The molecule has 2 saturated heterocycles. The Morgan fingerprint density at radius 2 is 1.55 bits per heavy atom. The largest absolute Gasteiger partial charge is 0.270 e. The van der Waals surface area contributed by atoms with Crippen molar-refractivity contribution in [2.24, 2.45) is 11.8 Å². The molecule has 0 aromatic rings. The number of hydrogen-bond donors (Lipinski definition) is 0. The van der Waals surface area contributed by atoms with Crippen LogP contribution in [0.3, 0.4) is 0 Å². The molecule has 8 heteroatoms. The summed E-state index contributed by atoms with van der Waals surface area (Å²) in [6.07, 6.45) is 3.66. The normalized spacial score (nSPS) is 38.0. The van der Waals surface area contributed by atoms with Crippen molar-refractivity contribution in [3.63, 3.8) is 0 Å². The van der Waals surface area contributed by atoms with Crippen LogP contribution in [0, 0.1) is 11.8 Å². The van der Waals surface area contributed by atoms with Crippen molar-refractivity contribution in [3.8, 4) is 0 Å². The maximum absolute atomic E-state index is 11.3. The van der Waals surface area contributed by atoms with E-state index in [2.05, 4.69) is 4.18 Å². The van der Waals surface area contributed by atoms with E-state index >= 15 is 0 Å². The zero-order chi connectivity index (χ0) is 17.0. The predicted octanol–water partition coefficient (Wildman–Crippen LogP) is 2.30. The van der Waals surface area contributed by atoms with Crippen molar-refractivity contribution in [2.75, 3.05) is 12.4 Å². The predicted molar refractivity (Wildman–Crippen MR) is 85.5 cm³/mol. The van der Waals surface area contributed by atoms with Crippen molar-refractivity contribution in [2.45, 2.75) is 64.7 Å². The molecule has 0 spiro atoms. The van der Waals surface area contributed by atoms with E-state index in [4.69, 9.17) is 4.18 Å². The lowest BCUT2D eigenvalue weighted by atomic mass is 9.98. The summed E-state index contributed by atoms with van der Waals surface area (Å²) in [5.74, 6) is 1.20. The topological polar surface area (TPSA) is 86.7 Å². The number of fused-ring (bicyclic) bond motifs is 1. The minimum Gasteiger partial charge on any atom is -0.270 e. The van der Waals surface area contributed by atoms with Crippen LogP contribution in [-0.4, -0.2) is 40.5 Å². The average molecular weight is 357 g/mol. The highest BCUT2D eigenvalue weighted by atomic mass is 32.2. The first-order chi connectivity index (χ1) is 10.4. The maximum atomic E-state index is 11.3.